The van der Waals surface area contributed by atoms with Gasteiger partial charge in [-0.1, -0.05) is 44.2 Å². The van der Waals surface area contributed by atoms with Crippen LogP contribution in [0.15, 0.2) is 30.3 Å². The number of hydrogen-bond donors (Lipinski definition) is 2. The Bertz CT molecular complexity index is 272. The number of aliphatic hydroxyl groups is 1. The number of carbonyl (C=O) groups excluding carboxylic acids is 1. The van der Waals surface area contributed by atoms with Crippen molar-refractivity contribution in [3.8, 4) is 0 Å². The highest BCUT2D eigenvalue weighted by molar-refractivity contribution is 5.73. The fourth-order valence-corrected chi connectivity index (χ4v) is 1.17. The van der Waals surface area contributed by atoms with Crippen LogP contribution < -0.4 is 5.32 Å². The minimum Gasteiger partial charge on any atom is -0.394 e. The summed E-state index contributed by atoms with van der Waals surface area (Å²) in [5, 5.41) is 11.7. The van der Waals surface area contributed by atoms with E-state index in [0.29, 0.717) is 0 Å². The van der Waals surface area contributed by atoms with Crippen LogP contribution in [-0.4, -0.2) is 17.6 Å². The second-order valence-corrected chi connectivity index (χ2v) is 2.85. The van der Waals surface area contributed by atoms with E-state index in [2.05, 4.69) is 5.32 Å². The first kappa shape index (κ1) is 13.7. The average Bonchev–Trinajstić information content (AvgIpc) is 2.29. The van der Waals surface area contributed by atoms with Crippen LogP contribution >= 0.6 is 0 Å². The molecule has 0 heterocycles. The van der Waals surface area contributed by atoms with Gasteiger partial charge in [0.25, 0.3) is 0 Å². The van der Waals surface area contributed by atoms with Gasteiger partial charge < -0.3 is 10.4 Å². The van der Waals surface area contributed by atoms with Gasteiger partial charge in [-0.3, -0.25) is 4.79 Å². The second kappa shape index (κ2) is 8.00. The third kappa shape index (κ3) is 5.18. The minimum absolute atomic E-state index is 0.0798. The van der Waals surface area contributed by atoms with Gasteiger partial charge in [-0.15, -0.1) is 0 Å². The molecule has 1 atom stereocenters. The van der Waals surface area contributed by atoms with Crippen LogP contribution in [0.5, 0.6) is 0 Å². The Hall–Kier alpha value is -1.35. The number of aliphatic hydroxyl groups excluding tert-OH is 1. The molecule has 0 saturated heterocycles. The molecule has 15 heavy (non-hydrogen) atoms. The number of hydrogen-bond acceptors (Lipinski definition) is 2. The lowest BCUT2D eigenvalue weighted by atomic mass is 10.1. The van der Waals surface area contributed by atoms with Crippen LogP contribution in [0, 0.1) is 0 Å². The summed E-state index contributed by atoms with van der Waals surface area (Å²) in [5.74, 6) is -0.136. The molecule has 0 radical (unpaired) electrons. The van der Waals surface area contributed by atoms with E-state index < -0.39 is 0 Å². The normalized spacial score (nSPS) is 10.9. The highest BCUT2D eigenvalue weighted by Crippen LogP contribution is 2.10. The van der Waals surface area contributed by atoms with Crippen LogP contribution in [0.4, 0.5) is 0 Å². The van der Waals surface area contributed by atoms with Crippen LogP contribution in [-0.2, 0) is 4.79 Å². The smallest absolute Gasteiger partial charge is 0.217 e. The van der Waals surface area contributed by atoms with Gasteiger partial charge in [0, 0.05) is 6.92 Å². The summed E-state index contributed by atoms with van der Waals surface area (Å²) in [6.45, 7) is 5.36. The molecule has 0 aromatic heterocycles. The Morgan fingerprint density at radius 2 is 1.87 bits per heavy atom. The van der Waals surface area contributed by atoms with Crippen molar-refractivity contribution in [2.24, 2.45) is 0 Å². The molecule has 0 bridgehead atoms. The zero-order valence-electron chi connectivity index (χ0n) is 9.53. The van der Waals surface area contributed by atoms with E-state index in [1.807, 2.05) is 44.2 Å². The Morgan fingerprint density at radius 1 is 1.33 bits per heavy atom. The topological polar surface area (TPSA) is 49.3 Å². The molecule has 0 spiro atoms. The van der Waals surface area contributed by atoms with E-state index >= 15 is 0 Å². The van der Waals surface area contributed by atoms with Crippen LogP contribution in [0.25, 0.3) is 0 Å². The molecular weight excluding hydrogens is 190 g/mol. The molecule has 0 aliphatic rings. The van der Waals surface area contributed by atoms with Crippen molar-refractivity contribution in [1.82, 2.24) is 5.32 Å². The largest absolute Gasteiger partial charge is 0.394 e. The molecule has 0 aliphatic heterocycles. The Balaban J connectivity index is 0.000000921. The molecule has 1 unspecified atom stereocenters. The predicted molar refractivity (Wildman–Crippen MR) is 61.4 cm³/mol. The molecule has 3 nitrogen and oxygen atoms in total. The molecule has 1 rings (SSSR count). The van der Waals surface area contributed by atoms with E-state index in [1.165, 1.54) is 6.92 Å². The van der Waals surface area contributed by atoms with Gasteiger partial charge in [0.05, 0.1) is 12.6 Å². The van der Waals surface area contributed by atoms with E-state index in [9.17, 15) is 4.79 Å². The monoisotopic (exact) mass is 209 g/mol. The van der Waals surface area contributed by atoms with Gasteiger partial charge in [-0.2, -0.15) is 0 Å². The van der Waals surface area contributed by atoms with Crippen molar-refractivity contribution in [3.63, 3.8) is 0 Å². The summed E-state index contributed by atoms with van der Waals surface area (Å²) < 4.78 is 0. The molecule has 3 heteroatoms. The summed E-state index contributed by atoms with van der Waals surface area (Å²) in [5.41, 5.74) is 0.917. The Morgan fingerprint density at radius 3 is 2.27 bits per heavy atom. The first-order chi connectivity index (χ1) is 7.24. The molecule has 1 aromatic rings. The maximum Gasteiger partial charge on any atom is 0.217 e. The van der Waals surface area contributed by atoms with Gasteiger partial charge in [-0.05, 0) is 5.56 Å². The minimum atomic E-state index is -0.293. The summed E-state index contributed by atoms with van der Waals surface area (Å²) in [7, 11) is 0. The molecule has 2 N–H and O–H groups in total. The lowest BCUT2D eigenvalue weighted by Crippen LogP contribution is -2.28. The van der Waals surface area contributed by atoms with Crippen LogP contribution in [0.3, 0.4) is 0 Å². The van der Waals surface area contributed by atoms with Crippen molar-refractivity contribution >= 4 is 5.91 Å². The molecule has 0 aliphatic carbocycles. The van der Waals surface area contributed by atoms with Gasteiger partial charge in [-0.25, -0.2) is 0 Å². The zero-order chi connectivity index (χ0) is 11.7. The molecule has 84 valence electrons. The fraction of sp³-hybridized carbons (Fsp3) is 0.417. The standard InChI is InChI=1S/C10H13NO2.C2H6/c1-8(13)11-10(7-12)9-5-3-2-4-6-9;1-2/h2-6,10,12H,7H2,1H3,(H,11,13);1-2H3. The van der Waals surface area contributed by atoms with Gasteiger partial charge in [0.15, 0.2) is 0 Å². The van der Waals surface area contributed by atoms with Gasteiger partial charge in [0.1, 0.15) is 0 Å². The van der Waals surface area contributed by atoms with Crippen molar-refractivity contribution in [2.75, 3.05) is 6.61 Å². The first-order valence-electron chi connectivity index (χ1n) is 5.17. The van der Waals surface area contributed by atoms with Crippen LogP contribution in [0.1, 0.15) is 32.4 Å². The quantitative estimate of drug-likeness (QED) is 0.798. The van der Waals surface area contributed by atoms with Gasteiger partial charge in [0.2, 0.25) is 5.91 Å². The summed E-state index contributed by atoms with van der Waals surface area (Å²) in [6, 6.07) is 9.10. The van der Waals surface area contributed by atoms with Crippen molar-refractivity contribution in [1.29, 1.82) is 0 Å². The molecule has 0 fully saturated rings. The maximum absolute atomic E-state index is 10.8. The number of rotatable bonds is 3. The maximum atomic E-state index is 10.8. The van der Waals surface area contributed by atoms with Crippen LogP contribution in [0.2, 0.25) is 0 Å². The summed E-state index contributed by atoms with van der Waals surface area (Å²) in [6.07, 6.45) is 0. The molecular formula is C12H19NO2. The predicted octanol–water partition coefficient (Wildman–Crippen LogP) is 1.88. The second-order valence-electron chi connectivity index (χ2n) is 2.85. The molecule has 1 amide bonds. The van der Waals surface area contributed by atoms with E-state index in [0.717, 1.165) is 5.56 Å². The molecule has 0 saturated carbocycles. The third-order valence-electron chi connectivity index (χ3n) is 1.76. The lowest BCUT2D eigenvalue weighted by molar-refractivity contribution is -0.120. The third-order valence-corrected chi connectivity index (χ3v) is 1.76. The van der Waals surface area contributed by atoms with Crippen molar-refractivity contribution < 1.29 is 9.90 Å². The van der Waals surface area contributed by atoms with Crippen molar-refractivity contribution in [2.45, 2.75) is 26.8 Å². The lowest BCUT2D eigenvalue weighted by Gasteiger charge is -2.14. The number of nitrogens with one attached hydrogen (secondary N) is 1. The number of carbonyl (C=O) groups is 1. The summed E-state index contributed by atoms with van der Waals surface area (Å²) >= 11 is 0. The van der Waals surface area contributed by atoms with E-state index in [-0.39, 0.29) is 18.6 Å². The highest BCUT2D eigenvalue weighted by Gasteiger charge is 2.09. The fourth-order valence-electron chi connectivity index (χ4n) is 1.17. The summed E-state index contributed by atoms with van der Waals surface area (Å²) in [4.78, 5) is 10.8. The average molecular weight is 209 g/mol. The Kier molecular flexibility index (Phi) is 7.28. The van der Waals surface area contributed by atoms with E-state index in [1.54, 1.807) is 0 Å². The first-order valence-corrected chi connectivity index (χ1v) is 5.17. The zero-order valence-corrected chi connectivity index (χ0v) is 9.53. The number of benzene rings is 1. The molecule has 1 aromatic carbocycles. The van der Waals surface area contributed by atoms with E-state index in [4.69, 9.17) is 5.11 Å². The Labute approximate surface area is 91.1 Å². The van der Waals surface area contributed by atoms with Crippen molar-refractivity contribution in [3.05, 3.63) is 35.9 Å². The van der Waals surface area contributed by atoms with Gasteiger partial charge >= 0.3 is 0 Å². The SMILES string of the molecule is CC.CC(=O)NC(CO)c1ccccc1. The number of amides is 1. The highest BCUT2D eigenvalue weighted by atomic mass is 16.3.